The number of aryl methyl sites for hydroxylation is 3. The van der Waals surface area contributed by atoms with Gasteiger partial charge in [-0.3, -0.25) is 9.59 Å². The summed E-state index contributed by atoms with van der Waals surface area (Å²) in [5.74, 6) is -0.153. The Balaban J connectivity index is 1.82. The minimum atomic E-state index is -0.150. The fraction of sp³-hybridized carbons (Fsp3) is 0.455. The van der Waals surface area contributed by atoms with Crippen LogP contribution in [0, 0.1) is 6.92 Å². The van der Waals surface area contributed by atoms with E-state index in [9.17, 15) is 9.59 Å². The number of aromatic amines is 1. The van der Waals surface area contributed by atoms with Gasteiger partial charge >= 0.3 is 0 Å². The molecule has 0 aliphatic heterocycles. The second-order valence-corrected chi connectivity index (χ2v) is 7.32. The third-order valence-corrected chi connectivity index (χ3v) is 5.44. The standard InChI is InChI=1S/C22H28N2O2/c1-5-19-20(15(4)25)14(3)23-21(19)22(26)24-13(2)17-11-10-16-8-6-7-9-18(16)12-17/h10-13,23H,5-9H2,1-4H3,(H,24,26). The average Bonchev–Trinajstić information content (AvgIpc) is 2.97. The van der Waals surface area contributed by atoms with Crippen LogP contribution in [0.3, 0.4) is 0 Å². The summed E-state index contributed by atoms with van der Waals surface area (Å²) in [5.41, 5.74) is 6.73. The summed E-state index contributed by atoms with van der Waals surface area (Å²) >= 11 is 0. The number of carbonyl (C=O) groups is 2. The monoisotopic (exact) mass is 352 g/mol. The zero-order chi connectivity index (χ0) is 18.8. The SMILES string of the molecule is CCc1c(C(=O)NC(C)c2ccc3c(c2)CCCC3)[nH]c(C)c1C(C)=O. The molecule has 0 fully saturated rings. The van der Waals surface area contributed by atoms with Gasteiger partial charge in [-0.05, 0) is 75.1 Å². The van der Waals surface area contributed by atoms with Crippen molar-refractivity contribution in [3.63, 3.8) is 0 Å². The van der Waals surface area contributed by atoms with Gasteiger partial charge in [0.2, 0.25) is 0 Å². The van der Waals surface area contributed by atoms with Crippen molar-refractivity contribution in [1.29, 1.82) is 0 Å². The Morgan fingerprint density at radius 3 is 2.54 bits per heavy atom. The van der Waals surface area contributed by atoms with Crippen LogP contribution in [0.1, 0.15) is 88.4 Å². The number of Topliss-reactive ketones (excluding diaryl/α,β-unsaturated/α-hetero) is 1. The molecule has 1 aromatic heterocycles. The molecule has 4 nitrogen and oxygen atoms in total. The van der Waals surface area contributed by atoms with E-state index >= 15 is 0 Å². The number of H-pyrrole nitrogens is 1. The molecule has 2 aromatic rings. The van der Waals surface area contributed by atoms with Crippen molar-refractivity contribution >= 4 is 11.7 Å². The summed E-state index contributed by atoms with van der Waals surface area (Å²) in [6, 6.07) is 6.48. The van der Waals surface area contributed by atoms with Gasteiger partial charge in [0.25, 0.3) is 5.91 Å². The average molecular weight is 352 g/mol. The van der Waals surface area contributed by atoms with Gasteiger partial charge in [0.1, 0.15) is 5.69 Å². The fourth-order valence-electron chi connectivity index (χ4n) is 4.08. The first kappa shape index (κ1) is 18.4. The molecule has 1 aliphatic carbocycles. The Kier molecular flexibility index (Phi) is 5.30. The van der Waals surface area contributed by atoms with Crippen molar-refractivity contribution < 1.29 is 9.59 Å². The molecule has 0 spiro atoms. The highest BCUT2D eigenvalue weighted by molar-refractivity contribution is 6.02. The number of carbonyl (C=O) groups excluding carboxylic acids is 2. The van der Waals surface area contributed by atoms with Crippen molar-refractivity contribution in [2.45, 2.75) is 65.8 Å². The maximum Gasteiger partial charge on any atom is 0.268 e. The Labute approximate surface area is 155 Å². The van der Waals surface area contributed by atoms with Gasteiger partial charge in [-0.25, -0.2) is 0 Å². The molecule has 0 saturated carbocycles. The van der Waals surface area contributed by atoms with E-state index in [1.54, 1.807) is 6.92 Å². The summed E-state index contributed by atoms with van der Waals surface area (Å²) in [7, 11) is 0. The van der Waals surface area contributed by atoms with Gasteiger partial charge in [0.05, 0.1) is 6.04 Å². The molecule has 2 N–H and O–H groups in total. The van der Waals surface area contributed by atoms with Crippen LogP contribution in [-0.2, 0) is 19.3 Å². The highest BCUT2D eigenvalue weighted by atomic mass is 16.2. The second kappa shape index (κ2) is 7.48. The van der Waals surface area contributed by atoms with Crippen LogP contribution in [0.25, 0.3) is 0 Å². The number of nitrogens with one attached hydrogen (secondary N) is 2. The Morgan fingerprint density at radius 1 is 1.19 bits per heavy atom. The number of hydrogen-bond donors (Lipinski definition) is 2. The van der Waals surface area contributed by atoms with Crippen molar-refractivity contribution in [3.05, 3.63) is 57.4 Å². The number of hydrogen-bond acceptors (Lipinski definition) is 2. The van der Waals surface area contributed by atoms with Gasteiger partial charge in [-0.1, -0.05) is 25.1 Å². The lowest BCUT2D eigenvalue weighted by Gasteiger charge is -2.20. The first-order valence-corrected chi connectivity index (χ1v) is 9.57. The third-order valence-electron chi connectivity index (χ3n) is 5.44. The normalized spacial score (nSPS) is 14.6. The highest BCUT2D eigenvalue weighted by Gasteiger charge is 2.23. The van der Waals surface area contributed by atoms with E-state index in [-0.39, 0.29) is 17.7 Å². The summed E-state index contributed by atoms with van der Waals surface area (Å²) in [5, 5.41) is 3.09. The van der Waals surface area contributed by atoms with E-state index in [0.29, 0.717) is 17.7 Å². The lowest BCUT2D eigenvalue weighted by Crippen LogP contribution is -2.28. The van der Waals surface area contributed by atoms with Crippen molar-refractivity contribution in [2.24, 2.45) is 0 Å². The summed E-state index contributed by atoms with van der Waals surface area (Å²) < 4.78 is 0. The molecule has 0 radical (unpaired) electrons. The topological polar surface area (TPSA) is 62.0 Å². The largest absolute Gasteiger partial charge is 0.354 e. The fourth-order valence-corrected chi connectivity index (χ4v) is 4.08. The molecule has 26 heavy (non-hydrogen) atoms. The van der Waals surface area contributed by atoms with E-state index < -0.39 is 0 Å². The first-order valence-electron chi connectivity index (χ1n) is 9.57. The minimum absolute atomic E-state index is 0.00242. The molecule has 138 valence electrons. The Hall–Kier alpha value is -2.36. The van der Waals surface area contributed by atoms with Gasteiger partial charge in [-0.15, -0.1) is 0 Å². The third kappa shape index (κ3) is 3.46. The van der Waals surface area contributed by atoms with Crippen molar-refractivity contribution in [1.82, 2.24) is 10.3 Å². The number of ketones is 1. The molecule has 3 rings (SSSR count). The lowest BCUT2D eigenvalue weighted by atomic mass is 9.89. The summed E-state index contributed by atoms with van der Waals surface area (Å²) in [6.07, 6.45) is 5.44. The van der Waals surface area contributed by atoms with Crippen molar-refractivity contribution in [3.8, 4) is 0 Å². The predicted molar refractivity (Wildman–Crippen MR) is 104 cm³/mol. The molecular weight excluding hydrogens is 324 g/mol. The molecule has 4 heteroatoms. The van der Waals surface area contributed by atoms with Crippen molar-refractivity contribution in [2.75, 3.05) is 0 Å². The molecule has 1 amide bonds. The predicted octanol–water partition coefficient (Wildman–Crippen LogP) is 4.46. The molecule has 1 atom stereocenters. The number of fused-ring (bicyclic) bond motifs is 1. The van der Waals surface area contributed by atoms with E-state index in [4.69, 9.17) is 0 Å². The lowest BCUT2D eigenvalue weighted by molar-refractivity contribution is 0.0934. The zero-order valence-corrected chi connectivity index (χ0v) is 16.2. The van der Waals surface area contributed by atoms with Crippen LogP contribution in [0.15, 0.2) is 18.2 Å². The number of aromatic nitrogens is 1. The zero-order valence-electron chi connectivity index (χ0n) is 16.2. The molecule has 1 aromatic carbocycles. The molecule has 1 aliphatic rings. The van der Waals surface area contributed by atoms with Gasteiger partial charge in [0.15, 0.2) is 5.78 Å². The smallest absolute Gasteiger partial charge is 0.268 e. The Bertz CT molecular complexity index is 848. The quantitative estimate of drug-likeness (QED) is 0.781. The van der Waals surface area contributed by atoms with Crippen LogP contribution in [-0.4, -0.2) is 16.7 Å². The maximum absolute atomic E-state index is 12.8. The Morgan fingerprint density at radius 2 is 1.88 bits per heavy atom. The summed E-state index contributed by atoms with van der Waals surface area (Å²) in [6.45, 7) is 7.38. The number of amides is 1. The van der Waals surface area contributed by atoms with E-state index in [1.807, 2.05) is 20.8 Å². The van der Waals surface area contributed by atoms with Gasteiger partial charge < -0.3 is 10.3 Å². The highest BCUT2D eigenvalue weighted by Crippen LogP contribution is 2.26. The van der Waals surface area contributed by atoms with Gasteiger partial charge in [0, 0.05) is 11.3 Å². The van der Waals surface area contributed by atoms with Crippen LogP contribution in [0.4, 0.5) is 0 Å². The van der Waals surface area contributed by atoms with E-state index in [2.05, 4.69) is 28.5 Å². The van der Waals surface area contributed by atoms with E-state index in [0.717, 1.165) is 29.7 Å². The molecule has 1 heterocycles. The first-order chi connectivity index (χ1) is 12.4. The van der Waals surface area contributed by atoms with E-state index in [1.165, 1.54) is 24.0 Å². The summed E-state index contributed by atoms with van der Waals surface area (Å²) in [4.78, 5) is 27.9. The minimum Gasteiger partial charge on any atom is -0.354 e. The number of rotatable bonds is 5. The van der Waals surface area contributed by atoms with Crippen LogP contribution < -0.4 is 5.32 Å². The van der Waals surface area contributed by atoms with Crippen LogP contribution in [0.5, 0.6) is 0 Å². The molecule has 0 saturated heterocycles. The van der Waals surface area contributed by atoms with Gasteiger partial charge in [-0.2, -0.15) is 0 Å². The molecular formula is C22H28N2O2. The van der Waals surface area contributed by atoms with Crippen LogP contribution >= 0.6 is 0 Å². The van der Waals surface area contributed by atoms with Crippen LogP contribution in [0.2, 0.25) is 0 Å². The second-order valence-electron chi connectivity index (χ2n) is 7.32. The maximum atomic E-state index is 12.8. The molecule has 0 bridgehead atoms. The molecule has 1 unspecified atom stereocenters. The number of benzene rings is 1.